The van der Waals surface area contributed by atoms with E-state index in [1.807, 2.05) is 38.1 Å². The van der Waals surface area contributed by atoms with E-state index in [1.165, 1.54) is 0 Å². The molecule has 0 saturated carbocycles. The second-order valence-corrected chi connectivity index (χ2v) is 6.12. The molecule has 1 aromatic heterocycles. The number of aryl methyl sites for hydroxylation is 1. The number of esters is 1. The third-order valence-corrected chi connectivity index (χ3v) is 4.41. The summed E-state index contributed by atoms with van der Waals surface area (Å²) in [5.41, 5.74) is 2.08. The van der Waals surface area contributed by atoms with Gasteiger partial charge in [0, 0.05) is 5.56 Å². The van der Waals surface area contributed by atoms with Gasteiger partial charge in [0.15, 0.2) is 0 Å². The van der Waals surface area contributed by atoms with E-state index in [0.717, 1.165) is 37.1 Å². The molecule has 0 atom stereocenters. The third kappa shape index (κ3) is 4.80. The topological polar surface area (TPSA) is 68.5 Å². The Morgan fingerprint density at radius 2 is 2.00 bits per heavy atom. The zero-order valence-electron chi connectivity index (χ0n) is 14.6. The Hall–Kier alpha value is -1.92. The number of carbonyl (C=O) groups excluding carboxylic acids is 1. The van der Waals surface area contributed by atoms with Gasteiger partial charge < -0.3 is 21.6 Å². The first kappa shape index (κ1) is 19.4. The number of halogens is 1. The highest BCUT2D eigenvalue weighted by molar-refractivity contribution is 5.72. The summed E-state index contributed by atoms with van der Waals surface area (Å²) in [6, 6.07) is 7.97. The Morgan fingerprint density at radius 1 is 1.28 bits per heavy atom. The molecule has 2 aromatic rings. The van der Waals surface area contributed by atoms with Crippen LogP contribution in [0.15, 0.2) is 28.7 Å². The molecule has 0 bridgehead atoms. The summed E-state index contributed by atoms with van der Waals surface area (Å²) in [4.78, 5) is 14.0. The lowest BCUT2D eigenvalue weighted by Gasteiger charge is -2.29. The molecule has 1 aliphatic heterocycles. The first-order valence-electron chi connectivity index (χ1n) is 8.44. The molecule has 1 fully saturated rings. The minimum absolute atomic E-state index is 0. The molecule has 0 unspecified atom stereocenters. The van der Waals surface area contributed by atoms with Gasteiger partial charge in [-0.15, -0.1) is 10.2 Å². The maximum absolute atomic E-state index is 11.8. The fourth-order valence-electron chi connectivity index (χ4n) is 3.02. The number of ether oxygens (including phenoxy) is 1. The van der Waals surface area contributed by atoms with Crippen molar-refractivity contribution < 1.29 is 26.4 Å². The molecule has 136 valence electrons. The number of hydrogen-bond acceptors (Lipinski definition) is 6. The first-order valence-corrected chi connectivity index (χ1v) is 8.44. The van der Waals surface area contributed by atoms with Crippen LogP contribution >= 0.6 is 0 Å². The van der Waals surface area contributed by atoms with Crippen molar-refractivity contribution in [2.45, 2.75) is 33.2 Å². The Morgan fingerprint density at radius 3 is 2.68 bits per heavy atom. The number of piperidine rings is 1. The van der Waals surface area contributed by atoms with Crippen molar-refractivity contribution in [1.82, 2.24) is 15.1 Å². The molecule has 0 aliphatic carbocycles. The maximum Gasteiger partial charge on any atom is 0.309 e. The number of nitrogens with zero attached hydrogens (tertiary/aromatic N) is 3. The van der Waals surface area contributed by atoms with Crippen molar-refractivity contribution in [3.63, 3.8) is 0 Å². The van der Waals surface area contributed by atoms with Gasteiger partial charge in [0.1, 0.15) is 0 Å². The lowest BCUT2D eigenvalue weighted by Crippen LogP contribution is -3.00. The van der Waals surface area contributed by atoms with E-state index < -0.39 is 0 Å². The van der Waals surface area contributed by atoms with E-state index >= 15 is 0 Å². The Kier molecular flexibility index (Phi) is 6.96. The third-order valence-electron chi connectivity index (χ3n) is 4.41. The molecule has 25 heavy (non-hydrogen) atoms. The number of rotatable bonds is 5. The summed E-state index contributed by atoms with van der Waals surface area (Å²) in [6.45, 7) is 6.61. The molecule has 1 saturated heterocycles. The van der Waals surface area contributed by atoms with Crippen molar-refractivity contribution in [2.24, 2.45) is 5.92 Å². The molecular weight excluding hydrogens is 342 g/mol. The van der Waals surface area contributed by atoms with Crippen molar-refractivity contribution in [1.29, 1.82) is 0 Å². The van der Waals surface area contributed by atoms with E-state index in [0.29, 0.717) is 24.9 Å². The Balaban J connectivity index is 0.00000225. The molecule has 1 aliphatic rings. The highest BCUT2D eigenvalue weighted by Gasteiger charge is 2.26. The second-order valence-electron chi connectivity index (χ2n) is 6.12. The highest BCUT2D eigenvalue weighted by Crippen LogP contribution is 2.23. The smallest absolute Gasteiger partial charge is 0.309 e. The quantitative estimate of drug-likeness (QED) is 0.686. The fourth-order valence-corrected chi connectivity index (χ4v) is 3.02. The van der Waals surface area contributed by atoms with Crippen molar-refractivity contribution >= 4 is 5.97 Å². The number of benzene rings is 1. The zero-order chi connectivity index (χ0) is 16.9. The molecule has 0 N–H and O–H groups in total. The Bertz CT molecular complexity index is 696. The summed E-state index contributed by atoms with van der Waals surface area (Å²) in [5.74, 6) is 1.12. The van der Waals surface area contributed by atoms with Crippen molar-refractivity contribution in [3.05, 3.63) is 35.7 Å². The lowest BCUT2D eigenvalue weighted by molar-refractivity contribution is -0.149. The van der Waals surface area contributed by atoms with Crippen LogP contribution in [0.5, 0.6) is 0 Å². The normalized spacial score (nSPS) is 15.6. The predicted octanol–water partition coefficient (Wildman–Crippen LogP) is -0.176. The minimum atomic E-state index is -0.0724. The standard InChI is InChI=1S/C18H23N3O3.ClH/c1-3-23-18(22)14-8-10-21(11-9-14)12-16-19-20-17(24-16)15-7-5-4-6-13(15)2;/h4-7,14H,3,8-12H2,1-2H3;1H/p-1. The number of likely N-dealkylation sites (tertiary alicyclic amines) is 1. The fraction of sp³-hybridized carbons (Fsp3) is 0.500. The van der Waals surface area contributed by atoms with Gasteiger partial charge in [0.2, 0.25) is 11.8 Å². The number of carbonyl (C=O) groups is 1. The van der Waals surface area contributed by atoms with Gasteiger partial charge in [0.05, 0.1) is 19.1 Å². The first-order chi connectivity index (χ1) is 11.7. The van der Waals surface area contributed by atoms with Gasteiger partial charge in [-0.3, -0.25) is 9.69 Å². The number of hydrogen-bond donors (Lipinski definition) is 0. The van der Waals surface area contributed by atoms with Crippen LogP contribution in [0.3, 0.4) is 0 Å². The van der Waals surface area contributed by atoms with Crippen LogP contribution in [-0.4, -0.2) is 40.8 Å². The van der Waals surface area contributed by atoms with Crippen molar-refractivity contribution in [3.8, 4) is 11.5 Å². The summed E-state index contributed by atoms with van der Waals surface area (Å²) >= 11 is 0. The summed E-state index contributed by atoms with van der Waals surface area (Å²) in [7, 11) is 0. The van der Waals surface area contributed by atoms with Gasteiger partial charge in [-0.2, -0.15) is 0 Å². The van der Waals surface area contributed by atoms with E-state index in [4.69, 9.17) is 9.15 Å². The molecule has 7 heteroatoms. The van der Waals surface area contributed by atoms with Gasteiger partial charge >= 0.3 is 5.97 Å². The largest absolute Gasteiger partial charge is 1.00 e. The zero-order valence-corrected chi connectivity index (χ0v) is 15.3. The van der Waals surface area contributed by atoms with Gasteiger partial charge in [-0.1, -0.05) is 18.2 Å². The molecule has 0 spiro atoms. The van der Waals surface area contributed by atoms with Crippen LogP contribution in [0.2, 0.25) is 0 Å². The van der Waals surface area contributed by atoms with E-state index in [-0.39, 0.29) is 24.3 Å². The summed E-state index contributed by atoms with van der Waals surface area (Å²) in [6.07, 6.45) is 1.63. The second kappa shape index (κ2) is 8.97. The maximum atomic E-state index is 11.8. The predicted molar refractivity (Wildman–Crippen MR) is 89.1 cm³/mol. The van der Waals surface area contributed by atoms with E-state index in [1.54, 1.807) is 0 Å². The monoisotopic (exact) mass is 364 g/mol. The van der Waals surface area contributed by atoms with E-state index in [2.05, 4.69) is 15.1 Å². The van der Waals surface area contributed by atoms with Crippen LogP contribution in [0.1, 0.15) is 31.2 Å². The SMILES string of the molecule is CCOC(=O)C1CCN(Cc2nnc(-c3ccccc3C)o2)CC1.[Cl-]. The van der Waals surface area contributed by atoms with Gasteiger partial charge in [-0.25, -0.2) is 0 Å². The molecular formula is C18H23ClN3O3-. The number of aromatic nitrogens is 2. The lowest BCUT2D eigenvalue weighted by atomic mass is 9.97. The van der Waals surface area contributed by atoms with Crippen LogP contribution in [0.25, 0.3) is 11.5 Å². The van der Waals surface area contributed by atoms with E-state index in [9.17, 15) is 4.79 Å². The average Bonchev–Trinajstić information content (AvgIpc) is 3.04. The van der Waals surface area contributed by atoms with Crippen LogP contribution in [0, 0.1) is 12.8 Å². The van der Waals surface area contributed by atoms with Gasteiger partial charge in [-0.05, 0) is 51.4 Å². The summed E-state index contributed by atoms with van der Waals surface area (Å²) < 4.78 is 10.9. The Labute approximate surface area is 154 Å². The molecule has 3 rings (SSSR count). The molecule has 0 radical (unpaired) electrons. The molecule has 6 nitrogen and oxygen atoms in total. The van der Waals surface area contributed by atoms with Crippen LogP contribution < -0.4 is 12.4 Å². The molecule has 2 heterocycles. The van der Waals surface area contributed by atoms with Crippen LogP contribution in [0.4, 0.5) is 0 Å². The van der Waals surface area contributed by atoms with Crippen molar-refractivity contribution in [2.75, 3.05) is 19.7 Å². The molecule has 0 amide bonds. The van der Waals surface area contributed by atoms with Crippen LogP contribution in [-0.2, 0) is 16.1 Å². The summed E-state index contributed by atoms with van der Waals surface area (Å²) in [5, 5.41) is 8.32. The highest BCUT2D eigenvalue weighted by atomic mass is 35.5. The van der Waals surface area contributed by atoms with Gasteiger partial charge in [0.25, 0.3) is 0 Å². The minimum Gasteiger partial charge on any atom is -1.00 e. The average molecular weight is 365 g/mol. The molecule has 1 aromatic carbocycles.